The highest BCUT2D eigenvalue weighted by Gasteiger charge is 2.36. The lowest BCUT2D eigenvalue weighted by molar-refractivity contribution is -0.127. The van der Waals surface area contributed by atoms with Gasteiger partial charge >= 0.3 is 5.63 Å². The summed E-state index contributed by atoms with van der Waals surface area (Å²) in [5.74, 6) is -1.19. The SMILES string of the molecule is Cc1ccc(Cl)cc1NC(=O)CN1C(=O)S/C(=C/c2cc3ccccc3oc2=O)C1=O. The average molecular weight is 455 g/mol. The van der Waals surface area contributed by atoms with E-state index in [9.17, 15) is 19.2 Å². The maximum absolute atomic E-state index is 12.7. The Morgan fingerprint density at radius 3 is 2.74 bits per heavy atom. The smallest absolute Gasteiger partial charge is 0.343 e. The van der Waals surface area contributed by atoms with E-state index < -0.39 is 29.2 Å². The first-order valence-corrected chi connectivity index (χ1v) is 10.4. The summed E-state index contributed by atoms with van der Waals surface area (Å²) in [5, 5.41) is 3.18. The maximum Gasteiger partial charge on any atom is 0.343 e. The topological polar surface area (TPSA) is 96.7 Å². The number of hydrogen-bond donors (Lipinski definition) is 1. The number of carbonyl (C=O) groups is 3. The van der Waals surface area contributed by atoms with Crippen molar-refractivity contribution in [2.24, 2.45) is 0 Å². The van der Waals surface area contributed by atoms with E-state index in [1.54, 1.807) is 55.5 Å². The number of hydrogen-bond acceptors (Lipinski definition) is 6. The highest BCUT2D eigenvalue weighted by atomic mass is 35.5. The second-order valence-corrected chi connectivity index (χ2v) is 8.23. The normalized spacial score (nSPS) is 15.2. The molecule has 31 heavy (non-hydrogen) atoms. The van der Waals surface area contributed by atoms with Gasteiger partial charge in [-0.3, -0.25) is 19.3 Å². The van der Waals surface area contributed by atoms with Crippen LogP contribution in [0.4, 0.5) is 10.5 Å². The van der Waals surface area contributed by atoms with Crippen molar-refractivity contribution in [3.05, 3.63) is 80.0 Å². The second-order valence-electron chi connectivity index (χ2n) is 6.80. The lowest BCUT2D eigenvalue weighted by atomic mass is 10.2. The fourth-order valence-electron chi connectivity index (χ4n) is 3.02. The minimum Gasteiger partial charge on any atom is -0.422 e. The molecule has 1 aromatic heterocycles. The molecule has 1 aliphatic rings. The van der Waals surface area contributed by atoms with Crippen molar-refractivity contribution in [1.29, 1.82) is 0 Å². The summed E-state index contributed by atoms with van der Waals surface area (Å²) in [6, 6.07) is 13.6. The molecule has 0 spiro atoms. The second kappa shape index (κ2) is 8.41. The van der Waals surface area contributed by atoms with Crippen LogP contribution >= 0.6 is 23.4 Å². The summed E-state index contributed by atoms with van der Waals surface area (Å²) in [4.78, 5) is 50.5. The molecule has 0 aliphatic carbocycles. The average Bonchev–Trinajstić information content (AvgIpc) is 2.98. The van der Waals surface area contributed by atoms with E-state index in [4.69, 9.17) is 16.0 Å². The molecule has 156 valence electrons. The van der Waals surface area contributed by atoms with E-state index >= 15 is 0 Å². The van der Waals surface area contributed by atoms with Crippen LogP contribution in [0.3, 0.4) is 0 Å². The number of imide groups is 1. The molecule has 1 N–H and O–H groups in total. The van der Waals surface area contributed by atoms with Gasteiger partial charge in [0.1, 0.15) is 12.1 Å². The van der Waals surface area contributed by atoms with E-state index in [0.29, 0.717) is 33.4 Å². The van der Waals surface area contributed by atoms with Crippen molar-refractivity contribution >= 4 is 63.1 Å². The minimum absolute atomic E-state index is 0.0410. The van der Waals surface area contributed by atoms with Crippen LogP contribution in [-0.2, 0) is 9.59 Å². The standard InChI is InChI=1S/C22H15ClN2O5S/c1-12-6-7-15(23)10-16(12)24-19(26)11-25-20(27)18(31-22(25)29)9-14-8-13-4-2-3-5-17(13)30-21(14)28/h2-10H,11H2,1H3,(H,24,26)/b18-9+. The van der Waals surface area contributed by atoms with E-state index in [1.165, 1.54) is 6.08 Å². The van der Waals surface area contributed by atoms with Crippen LogP contribution in [0.15, 0.2) is 62.6 Å². The molecule has 0 saturated carbocycles. The largest absolute Gasteiger partial charge is 0.422 e. The van der Waals surface area contributed by atoms with Gasteiger partial charge in [-0.15, -0.1) is 0 Å². The van der Waals surface area contributed by atoms with Crippen molar-refractivity contribution < 1.29 is 18.8 Å². The fourth-order valence-corrected chi connectivity index (χ4v) is 4.02. The lowest BCUT2D eigenvalue weighted by Gasteiger charge is -2.13. The van der Waals surface area contributed by atoms with Gasteiger partial charge in [-0.25, -0.2) is 4.79 Å². The number of rotatable bonds is 4. The molecule has 0 bridgehead atoms. The zero-order valence-corrected chi connectivity index (χ0v) is 17.8. The Morgan fingerprint density at radius 2 is 1.94 bits per heavy atom. The number of fused-ring (bicyclic) bond motifs is 1. The Morgan fingerprint density at radius 1 is 1.16 bits per heavy atom. The van der Waals surface area contributed by atoms with Crippen molar-refractivity contribution in [3.63, 3.8) is 0 Å². The first kappa shape index (κ1) is 20.9. The summed E-state index contributed by atoms with van der Waals surface area (Å²) in [5.41, 5.74) is 1.22. The van der Waals surface area contributed by atoms with Gasteiger partial charge in [-0.2, -0.15) is 0 Å². The van der Waals surface area contributed by atoms with Crippen LogP contribution in [0, 0.1) is 6.92 Å². The summed E-state index contributed by atoms with van der Waals surface area (Å²) < 4.78 is 5.25. The number of amides is 3. The molecule has 1 fully saturated rings. The summed E-state index contributed by atoms with van der Waals surface area (Å²) in [6.07, 6.45) is 1.31. The summed E-state index contributed by atoms with van der Waals surface area (Å²) in [7, 11) is 0. The monoisotopic (exact) mass is 454 g/mol. The third kappa shape index (κ3) is 4.40. The fraction of sp³-hybridized carbons (Fsp3) is 0.0909. The first-order valence-electron chi connectivity index (χ1n) is 9.16. The third-order valence-corrected chi connectivity index (χ3v) is 5.75. The molecule has 3 amide bonds. The van der Waals surface area contributed by atoms with Gasteiger partial charge in [-0.1, -0.05) is 35.9 Å². The third-order valence-electron chi connectivity index (χ3n) is 4.60. The molecule has 7 nitrogen and oxygen atoms in total. The predicted molar refractivity (Wildman–Crippen MR) is 120 cm³/mol. The number of halogens is 1. The number of benzene rings is 2. The van der Waals surface area contributed by atoms with Crippen LogP contribution < -0.4 is 10.9 Å². The van der Waals surface area contributed by atoms with E-state index in [-0.39, 0.29) is 10.5 Å². The Balaban J connectivity index is 1.54. The van der Waals surface area contributed by atoms with E-state index in [0.717, 1.165) is 10.5 Å². The molecular formula is C22H15ClN2O5S. The zero-order valence-electron chi connectivity index (χ0n) is 16.2. The van der Waals surface area contributed by atoms with Gasteiger partial charge < -0.3 is 9.73 Å². The van der Waals surface area contributed by atoms with E-state index in [2.05, 4.69) is 5.32 Å². The van der Waals surface area contributed by atoms with Crippen molar-refractivity contribution in [3.8, 4) is 0 Å². The van der Waals surface area contributed by atoms with Crippen LogP contribution in [0.5, 0.6) is 0 Å². The molecule has 2 aromatic carbocycles. The number of carbonyl (C=O) groups excluding carboxylic acids is 3. The quantitative estimate of drug-likeness (QED) is 0.462. The Hall–Kier alpha value is -3.36. The molecule has 0 radical (unpaired) electrons. The lowest BCUT2D eigenvalue weighted by Crippen LogP contribution is -2.36. The number of para-hydroxylation sites is 1. The molecular weight excluding hydrogens is 440 g/mol. The highest BCUT2D eigenvalue weighted by Crippen LogP contribution is 2.32. The first-order chi connectivity index (χ1) is 14.8. The predicted octanol–water partition coefficient (Wildman–Crippen LogP) is 4.43. The summed E-state index contributed by atoms with van der Waals surface area (Å²) >= 11 is 6.61. The molecule has 9 heteroatoms. The molecule has 1 saturated heterocycles. The maximum atomic E-state index is 12.7. The van der Waals surface area contributed by atoms with Crippen LogP contribution in [-0.4, -0.2) is 28.5 Å². The Labute approximate surface area is 185 Å². The van der Waals surface area contributed by atoms with Crippen molar-refractivity contribution in [2.75, 3.05) is 11.9 Å². The van der Waals surface area contributed by atoms with Crippen LogP contribution in [0.2, 0.25) is 5.02 Å². The Kier molecular flexibility index (Phi) is 5.67. The van der Waals surface area contributed by atoms with Gasteiger partial charge in [0, 0.05) is 16.1 Å². The molecule has 4 rings (SSSR count). The number of thioether (sulfide) groups is 1. The number of nitrogens with zero attached hydrogens (tertiary/aromatic N) is 1. The van der Waals surface area contributed by atoms with Crippen molar-refractivity contribution in [2.45, 2.75) is 6.92 Å². The highest BCUT2D eigenvalue weighted by molar-refractivity contribution is 8.18. The summed E-state index contributed by atoms with van der Waals surface area (Å²) in [6.45, 7) is 1.34. The molecule has 0 atom stereocenters. The molecule has 0 unspecified atom stereocenters. The number of aryl methyl sites for hydroxylation is 1. The zero-order chi connectivity index (χ0) is 22.1. The van der Waals surface area contributed by atoms with Gasteiger partial charge in [0.25, 0.3) is 11.1 Å². The van der Waals surface area contributed by atoms with Gasteiger partial charge in [-0.05, 0) is 54.6 Å². The van der Waals surface area contributed by atoms with Gasteiger partial charge in [0.15, 0.2) is 0 Å². The minimum atomic E-state index is -0.652. The van der Waals surface area contributed by atoms with E-state index in [1.807, 2.05) is 0 Å². The molecule has 1 aliphatic heterocycles. The van der Waals surface area contributed by atoms with Crippen LogP contribution in [0.1, 0.15) is 11.1 Å². The molecule has 2 heterocycles. The molecule has 3 aromatic rings. The Bertz CT molecular complexity index is 1330. The number of nitrogens with one attached hydrogen (secondary N) is 1. The van der Waals surface area contributed by atoms with Gasteiger partial charge in [0.2, 0.25) is 5.91 Å². The number of anilines is 1. The van der Waals surface area contributed by atoms with Crippen molar-refractivity contribution in [1.82, 2.24) is 4.90 Å². The van der Waals surface area contributed by atoms with Gasteiger partial charge in [0.05, 0.1) is 10.5 Å². The van der Waals surface area contributed by atoms with Crippen LogP contribution in [0.25, 0.3) is 17.0 Å².